The molecule has 5 nitrogen and oxygen atoms in total. The van der Waals surface area contributed by atoms with Crippen molar-refractivity contribution in [3.05, 3.63) is 120 Å². The number of ether oxygens (including phenoxy) is 1. The molecule has 38 heavy (non-hydrogen) atoms. The molecule has 0 spiro atoms. The number of primary amides is 1. The van der Waals surface area contributed by atoms with Crippen LogP contribution in [-0.2, 0) is 25.9 Å². The maximum Gasteiger partial charge on any atom is 0.250 e. The summed E-state index contributed by atoms with van der Waals surface area (Å²) in [5.41, 5.74) is 10.4. The molecule has 2 heterocycles. The van der Waals surface area contributed by atoms with Crippen LogP contribution in [0, 0.1) is 0 Å². The van der Waals surface area contributed by atoms with Gasteiger partial charge in [-0.3, -0.25) is 9.69 Å². The number of halogens is 4. The Morgan fingerprint density at radius 2 is 1.53 bits per heavy atom. The average Bonchev–Trinajstić information content (AvgIpc) is 2.88. The summed E-state index contributed by atoms with van der Waals surface area (Å²) < 4.78 is 6.09. The van der Waals surface area contributed by atoms with Crippen molar-refractivity contribution >= 4 is 52.3 Å². The lowest BCUT2D eigenvalue weighted by Gasteiger charge is -2.29. The topological polar surface area (TPSA) is 68.5 Å². The van der Waals surface area contributed by atoms with Crippen molar-refractivity contribution < 1.29 is 9.53 Å². The molecule has 1 aromatic heterocycles. The highest BCUT2D eigenvalue weighted by atomic mass is 35.5. The Balaban J connectivity index is 1.34. The van der Waals surface area contributed by atoms with Crippen LogP contribution in [0.3, 0.4) is 0 Å². The molecule has 0 saturated heterocycles. The minimum absolute atomic E-state index is 0.240. The molecular formula is C29H23Cl4N3O2. The molecule has 4 aromatic rings. The van der Waals surface area contributed by atoms with Crippen molar-refractivity contribution in [3.63, 3.8) is 0 Å². The van der Waals surface area contributed by atoms with Crippen LogP contribution in [0.1, 0.15) is 38.3 Å². The zero-order valence-corrected chi connectivity index (χ0v) is 23.2. The lowest BCUT2D eigenvalue weighted by Crippen LogP contribution is -2.30. The quantitative estimate of drug-likeness (QED) is 0.240. The van der Waals surface area contributed by atoms with Crippen LogP contribution in [0.2, 0.25) is 20.1 Å². The number of aromatic nitrogens is 1. The van der Waals surface area contributed by atoms with Crippen molar-refractivity contribution in [1.29, 1.82) is 0 Å². The first-order chi connectivity index (χ1) is 18.3. The second kappa shape index (κ2) is 11.5. The first kappa shape index (κ1) is 26.8. The van der Waals surface area contributed by atoms with Gasteiger partial charge in [0.15, 0.2) is 0 Å². The Hall–Kier alpha value is -2.80. The third kappa shape index (κ3) is 5.93. The van der Waals surface area contributed by atoms with Gasteiger partial charge in [0.25, 0.3) is 5.91 Å². The van der Waals surface area contributed by atoms with Gasteiger partial charge < -0.3 is 10.5 Å². The van der Waals surface area contributed by atoms with Crippen LogP contribution in [0.5, 0.6) is 11.6 Å². The van der Waals surface area contributed by atoms with Crippen LogP contribution >= 0.6 is 46.4 Å². The number of hydrogen-bond acceptors (Lipinski definition) is 4. The Labute approximate surface area is 241 Å². The average molecular weight is 587 g/mol. The van der Waals surface area contributed by atoms with Gasteiger partial charge in [-0.1, -0.05) is 64.6 Å². The third-order valence-electron chi connectivity index (χ3n) is 6.55. The molecule has 1 aliphatic rings. The molecular weight excluding hydrogens is 564 g/mol. The van der Waals surface area contributed by atoms with E-state index in [1.165, 1.54) is 11.1 Å². The predicted molar refractivity (Wildman–Crippen MR) is 153 cm³/mol. The second-order valence-electron chi connectivity index (χ2n) is 9.08. The molecule has 9 heteroatoms. The minimum atomic E-state index is -0.585. The van der Waals surface area contributed by atoms with Gasteiger partial charge in [-0.2, -0.15) is 0 Å². The van der Waals surface area contributed by atoms with E-state index in [0.717, 1.165) is 25.1 Å². The number of fused-ring (bicyclic) bond motifs is 1. The molecule has 194 valence electrons. The highest BCUT2D eigenvalue weighted by Crippen LogP contribution is 2.32. The summed E-state index contributed by atoms with van der Waals surface area (Å²) >= 11 is 25.4. The van der Waals surface area contributed by atoms with Crippen molar-refractivity contribution in [1.82, 2.24) is 9.88 Å². The van der Waals surface area contributed by atoms with Crippen molar-refractivity contribution in [2.24, 2.45) is 5.73 Å². The Morgan fingerprint density at radius 3 is 2.18 bits per heavy atom. The standard InChI is InChI=1S/C29H23Cl4N3O2/c30-23-3-1-4-24(31)21(23)14-27-20(29(34)37)9-10-28(35-27)38-19-8-7-18-15-36(12-11-17(18)13-19)16-22-25(32)5-2-6-26(22)33/h1-10,13H,11-12,14-16H2,(H2,34,37). The van der Waals surface area contributed by atoms with Gasteiger partial charge in [-0.05, 0) is 65.6 Å². The first-order valence-electron chi connectivity index (χ1n) is 12.0. The van der Waals surface area contributed by atoms with Crippen molar-refractivity contribution in [3.8, 4) is 11.6 Å². The fourth-order valence-electron chi connectivity index (χ4n) is 4.58. The van der Waals surface area contributed by atoms with E-state index in [-0.39, 0.29) is 12.0 Å². The van der Waals surface area contributed by atoms with E-state index in [1.807, 2.05) is 30.3 Å². The Kier molecular flexibility index (Phi) is 8.12. The van der Waals surface area contributed by atoms with Gasteiger partial charge in [0.2, 0.25) is 5.88 Å². The van der Waals surface area contributed by atoms with E-state index in [0.29, 0.717) is 49.5 Å². The van der Waals surface area contributed by atoms with E-state index in [9.17, 15) is 4.79 Å². The van der Waals surface area contributed by atoms with Gasteiger partial charge in [0.1, 0.15) is 5.75 Å². The highest BCUT2D eigenvalue weighted by Gasteiger charge is 2.20. The zero-order valence-electron chi connectivity index (χ0n) is 20.2. The SMILES string of the molecule is NC(=O)c1ccc(Oc2ccc3c(c2)CCN(Cc2c(Cl)cccc2Cl)C3)nc1Cc1c(Cl)cccc1Cl. The molecule has 0 radical (unpaired) electrons. The molecule has 1 amide bonds. The fraction of sp³-hybridized carbons (Fsp3) is 0.172. The van der Waals surface area contributed by atoms with E-state index in [4.69, 9.17) is 56.9 Å². The maximum absolute atomic E-state index is 12.0. The number of carbonyl (C=O) groups excluding carboxylic acids is 1. The van der Waals surface area contributed by atoms with Crippen molar-refractivity contribution in [2.45, 2.75) is 25.9 Å². The number of pyridine rings is 1. The maximum atomic E-state index is 12.0. The first-order valence-corrected chi connectivity index (χ1v) is 13.5. The molecule has 2 N–H and O–H groups in total. The summed E-state index contributed by atoms with van der Waals surface area (Å²) in [5.74, 6) is 0.421. The second-order valence-corrected chi connectivity index (χ2v) is 10.7. The molecule has 1 aliphatic heterocycles. The summed E-state index contributed by atoms with van der Waals surface area (Å²) in [6, 6.07) is 20.1. The van der Waals surface area contributed by atoms with E-state index in [2.05, 4.69) is 16.0 Å². The smallest absolute Gasteiger partial charge is 0.250 e. The zero-order chi connectivity index (χ0) is 26.8. The van der Waals surface area contributed by atoms with E-state index >= 15 is 0 Å². The lowest BCUT2D eigenvalue weighted by atomic mass is 9.99. The summed E-state index contributed by atoms with van der Waals surface area (Å²) in [6.07, 6.45) is 1.10. The largest absolute Gasteiger partial charge is 0.439 e. The molecule has 0 saturated carbocycles. The normalized spacial score (nSPS) is 13.3. The van der Waals surface area contributed by atoms with Crippen LogP contribution in [0.15, 0.2) is 66.7 Å². The molecule has 3 aromatic carbocycles. The molecule has 0 aliphatic carbocycles. The molecule has 0 bridgehead atoms. The van der Waals surface area contributed by atoms with Crippen LogP contribution < -0.4 is 10.5 Å². The number of amides is 1. The number of benzene rings is 3. The number of nitrogens with two attached hydrogens (primary N) is 1. The van der Waals surface area contributed by atoms with E-state index in [1.54, 1.807) is 30.3 Å². The van der Waals surface area contributed by atoms with Crippen molar-refractivity contribution in [2.75, 3.05) is 6.54 Å². The van der Waals surface area contributed by atoms with Gasteiger partial charge in [0, 0.05) is 57.8 Å². The van der Waals surface area contributed by atoms with Crippen LogP contribution in [0.25, 0.3) is 0 Å². The van der Waals surface area contributed by atoms with E-state index < -0.39 is 5.91 Å². The Morgan fingerprint density at radius 1 is 0.868 bits per heavy atom. The monoisotopic (exact) mass is 585 g/mol. The molecule has 5 rings (SSSR count). The number of rotatable bonds is 7. The predicted octanol–water partition coefficient (Wildman–Crippen LogP) is 7.74. The van der Waals surface area contributed by atoms with Gasteiger partial charge >= 0.3 is 0 Å². The molecule has 0 atom stereocenters. The Bertz CT molecular complexity index is 1490. The van der Waals surface area contributed by atoms with Gasteiger partial charge in [-0.15, -0.1) is 0 Å². The summed E-state index contributed by atoms with van der Waals surface area (Å²) in [6.45, 7) is 2.34. The number of carbonyl (C=O) groups is 1. The third-order valence-corrected chi connectivity index (χ3v) is 7.97. The number of nitrogens with zero attached hydrogens (tertiary/aromatic N) is 2. The molecule has 0 unspecified atom stereocenters. The highest BCUT2D eigenvalue weighted by molar-refractivity contribution is 6.36. The molecule has 0 fully saturated rings. The lowest BCUT2D eigenvalue weighted by molar-refractivity contribution is 0.0999. The van der Waals surface area contributed by atoms with Gasteiger partial charge in [0.05, 0.1) is 11.3 Å². The summed E-state index contributed by atoms with van der Waals surface area (Å²) in [5, 5.41) is 2.33. The van der Waals surface area contributed by atoms with Gasteiger partial charge in [-0.25, -0.2) is 4.98 Å². The fourth-order valence-corrected chi connectivity index (χ4v) is 5.63. The van der Waals surface area contributed by atoms with Crippen LogP contribution in [0.4, 0.5) is 0 Å². The van der Waals surface area contributed by atoms with Crippen LogP contribution in [-0.4, -0.2) is 22.3 Å². The summed E-state index contributed by atoms with van der Waals surface area (Å²) in [7, 11) is 0. The number of hydrogen-bond donors (Lipinski definition) is 1. The minimum Gasteiger partial charge on any atom is -0.439 e. The summed E-state index contributed by atoms with van der Waals surface area (Å²) in [4.78, 5) is 19.0.